The van der Waals surface area contributed by atoms with E-state index in [0.717, 1.165) is 23.4 Å². The molecule has 0 N–H and O–H groups in total. The molecule has 0 saturated carbocycles. The van der Waals surface area contributed by atoms with E-state index < -0.39 is 0 Å². The van der Waals surface area contributed by atoms with Crippen molar-refractivity contribution in [2.24, 2.45) is 4.99 Å². The fraction of sp³-hybridized carbons (Fsp3) is 0.235. The second-order valence-corrected chi connectivity index (χ2v) is 4.83. The number of aliphatic imine (C=N–C) groups is 1. The predicted octanol–water partition coefficient (Wildman–Crippen LogP) is 5.05. The van der Waals surface area contributed by atoms with Gasteiger partial charge in [0.1, 0.15) is 5.75 Å². The topological polar surface area (TPSA) is 21.6 Å². The molecule has 0 radical (unpaired) electrons. The zero-order chi connectivity index (χ0) is 14.4. The zero-order valence-electron chi connectivity index (χ0n) is 11.8. The van der Waals surface area contributed by atoms with E-state index in [0.29, 0.717) is 11.6 Å². The standard InChI is InChI=1S/C17H18ClNO/c1-3-13-5-8-16(9-6-13)19-12-14-11-15(18)7-10-17(14)20-4-2/h5-12H,3-4H2,1-2H3. The highest BCUT2D eigenvalue weighted by atomic mass is 35.5. The monoisotopic (exact) mass is 287 g/mol. The van der Waals surface area contributed by atoms with E-state index in [1.54, 1.807) is 6.21 Å². The third kappa shape index (κ3) is 3.84. The first-order chi connectivity index (χ1) is 9.72. The molecule has 2 nitrogen and oxygen atoms in total. The Morgan fingerprint density at radius 3 is 2.50 bits per heavy atom. The van der Waals surface area contributed by atoms with E-state index in [9.17, 15) is 0 Å². The molecule has 0 bridgehead atoms. The Morgan fingerprint density at radius 2 is 1.85 bits per heavy atom. The lowest BCUT2D eigenvalue weighted by molar-refractivity contribution is 0.340. The summed E-state index contributed by atoms with van der Waals surface area (Å²) in [6, 6.07) is 13.8. The van der Waals surface area contributed by atoms with Crippen molar-refractivity contribution in [1.82, 2.24) is 0 Å². The summed E-state index contributed by atoms with van der Waals surface area (Å²) in [4.78, 5) is 4.47. The molecule has 0 heterocycles. The molecular formula is C17H18ClNO. The molecule has 0 aliphatic carbocycles. The van der Waals surface area contributed by atoms with Crippen LogP contribution in [0.1, 0.15) is 25.0 Å². The average Bonchev–Trinajstić information content (AvgIpc) is 2.48. The van der Waals surface area contributed by atoms with E-state index in [-0.39, 0.29) is 0 Å². The number of nitrogens with zero attached hydrogens (tertiary/aromatic N) is 1. The van der Waals surface area contributed by atoms with Crippen LogP contribution in [0.5, 0.6) is 5.75 Å². The highest BCUT2D eigenvalue weighted by Gasteiger charge is 2.02. The second-order valence-electron chi connectivity index (χ2n) is 4.39. The van der Waals surface area contributed by atoms with Gasteiger partial charge in [0.2, 0.25) is 0 Å². The van der Waals surface area contributed by atoms with Gasteiger partial charge in [-0.2, -0.15) is 0 Å². The molecule has 0 spiro atoms. The lowest BCUT2D eigenvalue weighted by Crippen LogP contribution is -1.95. The summed E-state index contributed by atoms with van der Waals surface area (Å²) in [6.45, 7) is 4.71. The fourth-order valence-electron chi connectivity index (χ4n) is 1.87. The number of halogens is 1. The van der Waals surface area contributed by atoms with Crippen LogP contribution in [0, 0.1) is 0 Å². The summed E-state index contributed by atoms with van der Waals surface area (Å²) in [5, 5.41) is 0.677. The van der Waals surface area contributed by atoms with Crippen LogP contribution in [0.15, 0.2) is 47.5 Å². The molecule has 0 amide bonds. The Kier molecular flexibility index (Phi) is 5.19. The lowest BCUT2D eigenvalue weighted by atomic mass is 10.1. The first-order valence-corrected chi connectivity index (χ1v) is 7.16. The van der Waals surface area contributed by atoms with Crippen LogP contribution in [0.3, 0.4) is 0 Å². The largest absolute Gasteiger partial charge is 0.493 e. The van der Waals surface area contributed by atoms with E-state index in [2.05, 4.69) is 24.0 Å². The van der Waals surface area contributed by atoms with Crippen LogP contribution < -0.4 is 4.74 Å². The molecule has 0 aliphatic heterocycles. The highest BCUT2D eigenvalue weighted by Crippen LogP contribution is 2.22. The van der Waals surface area contributed by atoms with E-state index in [4.69, 9.17) is 16.3 Å². The predicted molar refractivity (Wildman–Crippen MR) is 85.7 cm³/mol. The van der Waals surface area contributed by atoms with Gasteiger partial charge >= 0.3 is 0 Å². The summed E-state index contributed by atoms with van der Waals surface area (Å²) in [5.41, 5.74) is 3.12. The molecule has 2 aromatic rings. The van der Waals surface area contributed by atoms with Gasteiger partial charge in [0, 0.05) is 16.8 Å². The van der Waals surface area contributed by atoms with Crippen LogP contribution in [0.25, 0.3) is 0 Å². The molecule has 2 aromatic carbocycles. The van der Waals surface area contributed by atoms with Crippen LogP contribution in [-0.4, -0.2) is 12.8 Å². The second kappa shape index (κ2) is 7.11. The normalized spacial score (nSPS) is 10.9. The van der Waals surface area contributed by atoms with Crippen molar-refractivity contribution in [2.75, 3.05) is 6.61 Å². The van der Waals surface area contributed by atoms with Gasteiger partial charge in [-0.1, -0.05) is 30.7 Å². The van der Waals surface area contributed by atoms with Gasteiger partial charge < -0.3 is 4.74 Å². The summed E-state index contributed by atoms with van der Waals surface area (Å²) in [6.07, 6.45) is 2.82. The quantitative estimate of drug-likeness (QED) is 0.705. The number of aryl methyl sites for hydroxylation is 1. The number of hydrogen-bond acceptors (Lipinski definition) is 2. The van der Waals surface area contributed by atoms with Gasteiger partial charge in [0.15, 0.2) is 0 Å². The van der Waals surface area contributed by atoms with E-state index in [1.165, 1.54) is 5.56 Å². The Balaban J connectivity index is 2.22. The molecule has 0 unspecified atom stereocenters. The Bertz CT molecular complexity index is 590. The SMILES string of the molecule is CCOc1ccc(Cl)cc1C=Nc1ccc(CC)cc1. The minimum atomic E-state index is 0.619. The Morgan fingerprint density at radius 1 is 1.10 bits per heavy atom. The molecule has 0 saturated heterocycles. The molecule has 0 aliphatic rings. The zero-order valence-corrected chi connectivity index (χ0v) is 12.5. The van der Waals surface area contributed by atoms with Gasteiger partial charge in [0.25, 0.3) is 0 Å². The first kappa shape index (κ1) is 14.6. The average molecular weight is 288 g/mol. The third-order valence-corrected chi connectivity index (χ3v) is 3.20. The molecule has 20 heavy (non-hydrogen) atoms. The minimum Gasteiger partial charge on any atom is -0.493 e. The molecule has 0 fully saturated rings. The van der Waals surface area contributed by atoms with Crippen molar-refractivity contribution >= 4 is 23.5 Å². The Hall–Kier alpha value is -1.80. The summed E-state index contributed by atoms with van der Waals surface area (Å²) < 4.78 is 5.57. The number of ether oxygens (including phenoxy) is 1. The van der Waals surface area contributed by atoms with Crippen LogP contribution in [0.4, 0.5) is 5.69 Å². The van der Waals surface area contributed by atoms with Gasteiger partial charge in [-0.3, -0.25) is 4.99 Å². The lowest BCUT2D eigenvalue weighted by Gasteiger charge is -2.07. The molecule has 0 atom stereocenters. The maximum absolute atomic E-state index is 6.02. The smallest absolute Gasteiger partial charge is 0.128 e. The van der Waals surface area contributed by atoms with Crippen LogP contribution >= 0.6 is 11.6 Å². The maximum atomic E-state index is 6.02. The highest BCUT2D eigenvalue weighted by molar-refractivity contribution is 6.30. The fourth-order valence-corrected chi connectivity index (χ4v) is 2.05. The summed E-state index contributed by atoms with van der Waals surface area (Å²) in [7, 11) is 0. The molecule has 3 heteroatoms. The van der Waals surface area contributed by atoms with Crippen molar-refractivity contribution in [3.63, 3.8) is 0 Å². The van der Waals surface area contributed by atoms with Crippen molar-refractivity contribution in [3.8, 4) is 5.75 Å². The summed E-state index contributed by atoms with van der Waals surface area (Å²) >= 11 is 6.02. The van der Waals surface area contributed by atoms with Gasteiger partial charge in [-0.05, 0) is 49.2 Å². The van der Waals surface area contributed by atoms with E-state index >= 15 is 0 Å². The van der Waals surface area contributed by atoms with Gasteiger partial charge in [-0.25, -0.2) is 0 Å². The molecule has 2 rings (SSSR count). The molecule has 104 valence electrons. The van der Waals surface area contributed by atoms with Crippen molar-refractivity contribution in [3.05, 3.63) is 58.6 Å². The van der Waals surface area contributed by atoms with Gasteiger partial charge in [-0.15, -0.1) is 0 Å². The van der Waals surface area contributed by atoms with Crippen LogP contribution in [-0.2, 0) is 6.42 Å². The van der Waals surface area contributed by atoms with Crippen LogP contribution in [0.2, 0.25) is 5.02 Å². The number of hydrogen-bond donors (Lipinski definition) is 0. The van der Waals surface area contributed by atoms with Crippen molar-refractivity contribution < 1.29 is 4.74 Å². The number of rotatable bonds is 5. The van der Waals surface area contributed by atoms with Crippen molar-refractivity contribution in [2.45, 2.75) is 20.3 Å². The minimum absolute atomic E-state index is 0.619. The molecular weight excluding hydrogens is 270 g/mol. The first-order valence-electron chi connectivity index (χ1n) is 6.78. The van der Waals surface area contributed by atoms with E-state index in [1.807, 2.05) is 37.3 Å². The number of benzene rings is 2. The Labute approximate surface area is 125 Å². The van der Waals surface area contributed by atoms with Gasteiger partial charge in [0.05, 0.1) is 12.3 Å². The molecule has 0 aromatic heterocycles. The third-order valence-electron chi connectivity index (χ3n) is 2.97. The summed E-state index contributed by atoms with van der Waals surface area (Å²) in [5.74, 6) is 0.797. The van der Waals surface area contributed by atoms with Crippen molar-refractivity contribution in [1.29, 1.82) is 0 Å². The maximum Gasteiger partial charge on any atom is 0.128 e.